The number of hydrogen-bond donors (Lipinski definition) is 1. The van der Waals surface area contributed by atoms with E-state index in [1.165, 1.54) is 6.07 Å². The summed E-state index contributed by atoms with van der Waals surface area (Å²) in [7, 11) is 0. The zero-order chi connectivity index (χ0) is 14.8. The van der Waals surface area contributed by atoms with E-state index in [9.17, 15) is 4.39 Å². The molecule has 110 valence electrons. The third-order valence-electron chi connectivity index (χ3n) is 3.89. The highest BCUT2D eigenvalue weighted by Crippen LogP contribution is 2.35. The third kappa shape index (κ3) is 3.53. The second-order valence-corrected chi connectivity index (χ2v) is 7.57. The molecular weight excluding hydrogens is 359 g/mol. The summed E-state index contributed by atoms with van der Waals surface area (Å²) in [6, 6.07) is 5.19. The topological polar surface area (TPSA) is 29.3 Å². The zero-order valence-corrected chi connectivity index (χ0v) is 14.6. The van der Waals surface area contributed by atoms with Crippen LogP contribution in [0.4, 0.5) is 4.39 Å². The number of thioether (sulfide) groups is 1. The lowest BCUT2D eigenvalue weighted by molar-refractivity contribution is 0.212. The highest BCUT2D eigenvalue weighted by atomic mass is 79.9. The SMILES string of the molecule is CSC1(C(N)=S)CCN(Cc2ccc(F)c(Br)c2)CC1. The van der Waals surface area contributed by atoms with Crippen molar-refractivity contribution in [1.29, 1.82) is 0 Å². The summed E-state index contributed by atoms with van der Waals surface area (Å²) in [5.41, 5.74) is 7.01. The first kappa shape index (κ1) is 16.2. The van der Waals surface area contributed by atoms with Crippen molar-refractivity contribution in [2.24, 2.45) is 5.73 Å². The van der Waals surface area contributed by atoms with Crippen molar-refractivity contribution in [2.75, 3.05) is 19.3 Å². The zero-order valence-electron chi connectivity index (χ0n) is 11.4. The fraction of sp³-hybridized carbons (Fsp3) is 0.500. The molecule has 1 saturated heterocycles. The highest BCUT2D eigenvalue weighted by Gasteiger charge is 2.36. The summed E-state index contributed by atoms with van der Waals surface area (Å²) in [5.74, 6) is -0.220. The smallest absolute Gasteiger partial charge is 0.137 e. The lowest BCUT2D eigenvalue weighted by Crippen LogP contribution is -2.48. The van der Waals surface area contributed by atoms with E-state index < -0.39 is 0 Å². The van der Waals surface area contributed by atoms with E-state index in [0.29, 0.717) is 9.46 Å². The molecule has 0 atom stereocenters. The lowest BCUT2D eigenvalue weighted by Gasteiger charge is -2.40. The fourth-order valence-electron chi connectivity index (χ4n) is 2.52. The highest BCUT2D eigenvalue weighted by molar-refractivity contribution is 9.10. The van der Waals surface area contributed by atoms with Crippen LogP contribution >= 0.6 is 39.9 Å². The minimum atomic E-state index is -0.220. The molecular formula is C14H18BrFN2S2. The summed E-state index contributed by atoms with van der Waals surface area (Å²) in [6.07, 6.45) is 4.03. The van der Waals surface area contributed by atoms with Crippen molar-refractivity contribution in [3.8, 4) is 0 Å². The normalized spacial score (nSPS) is 18.9. The predicted molar refractivity (Wildman–Crippen MR) is 91.6 cm³/mol. The Morgan fingerprint density at radius 3 is 2.65 bits per heavy atom. The van der Waals surface area contributed by atoms with Crippen LogP contribution in [0, 0.1) is 5.82 Å². The molecule has 1 aliphatic heterocycles. The van der Waals surface area contributed by atoms with Crippen molar-refractivity contribution in [3.63, 3.8) is 0 Å². The van der Waals surface area contributed by atoms with Gasteiger partial charge in [-0.15, -0.1) is 0 Å². The van der Waals surface area contributed by atoms with Crippen LogP contribution in [0.1, 0.15) is 18.4 Å². The fourth-order valence-corrected chi connectivity index (χ4v) is 4.19. The monoisotopic (exact) mass is 376 g/mol. The molecule has 0 radical (unpaired) electrons. The number of likely N-dealkylation sites (tertiary alicyclic amines) is 1. The van der Waals surface area contributed by atoms with Crippen molar-refractivity contribution >= 4 is 44.9 Å². The first-order valence-electron chi connectivity index (χ1n) is 6.48. The van der Waals surface area contributed by atoms with Gasteiger partial charge in [-0.2, -0.15) is 11.8 Å². The molecule has 1 fully saturated rings. The number of hydrogen-bond acceptors (Lipinski definition) is 3. The van der Waals surface area contributed by atoms with Crippen molar-refractivity contribution in [1.82, 2.24) is 4.90 Å². The van der Waals surface area contributed by atoms with Crippen LogP contribution in [0.2, 0.25) is 0 Å². The van der Waals surface area contributed by atoms with Gasteiger partial charge in [0.05, 0.1) is 14.2 Å². The Bertz CT molecular complexity index is 502. The Morgan fingerprint density at radius 2 is 2.15 bits per heavy atom. The van der Waals surface area contributed by atoms with Gasteiger partial charge in [-0.05, 0) is 52.7 Å². The molecule has 2 nitrogen and oxygen atoms in total. The number of halogens is 2. The number of rotatable bonds is 4. The largest absolute Gasteiger partial charge is 0.392 e. The summed E-state index contributed by atoms with van der Waals surface area (Å²) in [6.45, 7) is 2.76. The average molecular weight is 377 g/mol. The first-order chi connectivity index (χ1) is 9.47. The van der Waals surface area contributed by atoms with Gasteiger partial charge >= 0.3 is 0 Å². The third-order valence-corrected chi connectivity index (χ3v) is 6.43. The second-order valence-electron chi connectivity index (χ2n) is 5.09. The van der Waals surface area contributed by atoms with Gasteiger partial charge in [0.2, 0.25) is 0 Å². The molecule has 2 rings (SSSR count). The van der Waals surface area contributed by atoms with Crippen molar-refractivity contribution in [3.05, 3.63) is 34.1 Å². The number of nitrogens with zero attached hydrogens (tertiary/aromatic N) is 1. The molecule has 1 aromatic carbocycles. The van der Waals surface area contributed by atoms with E-state index in [0.717, 1.165) is 38.0 Å². The molecule has 0 bridgehead atoms. The Kier molecular flexibility index (Phi) is 5.45. The maximum absolute atomic E-state index is 13.2. The van der Waals surface area contributed by atoms with Crippen LogP contribution in [0.25, 0.3) is 0 Å². The van der Waals surface area contributed by atoms with Crippen LogP contribution < -0.4 is 5.73 Å². The maximum Gasteiger partial charge on any atom is 0.137 e. The Hall–Kier alpha value is -0.170. The molecule has 0 unspecified atom stereocenters. The van der Waals surface area contributed by atoms with Gasteiger partial charge in [0, 0.05) is 19.6 Å². The van der Waals surface area contributed by atoms with Gasteiger partial charge in [-0.1, -0.05) is 18.3 Å². The van der Waals surface area contributed by atoms with Gasteiger partial charge in [0.25, 0.3) is 0 Å². The van der Waals surface area contributed by atoms with E-state index >= 15 is 0 Å². The van der Waals surface area contributed by atoms with E-state index in [2.05, 4.69) is 27.1 Å². The minimum Gasteiger partial charge on any atom is -0.392 e. The summed E-state index contributed by atoms with van der Waals surface area (Å²) in [4.78, 5) is 2.99. The van der Waals surface area contributed by atoms with Gasteiger partial charge < -0.3 is 5.73 Å². The Morgan fingerprint density at radius 1 is 1.50 bits per heavy atom. The van der Waals surface area contributed by atoms with Crippen LogP contribution in [-0.2, 0) is 6.54 Å². The quantitative estimate of drug-likeness (QED) is 0.813. The molecule has 1 heterocycles. The molecule has 1 aromatic rings. The van der Waals surface area contributed by atoms with Crippen molar-refractivity contribution in [2.45, 2.75) is 24.1 Å². The molecule has 0 amide bonds. The Labute approximate surface area is 137 Å². The van der Waals surface area contributed by atoms with Crippen LogP contribution in [-0.4, -0.2) is 34.0 Å². The predicted octanol–water partition coefficient (Wildman–Crippen LogP) is 3.57. The molecule has 0 aliphatic carbocycles. The van der Waals surface area contributed by atoms with Crippen molar-refractivity contribution < 1.29 is 4.39 Å². The molecule has 1 aliphatic rings. The summed E-state index contributed by atoms with van der Waals surface area (Å²) >= 11 is 10.2. The first-order valence-corrected chi connectivity index (χ1v) is 8.91. The number of piperidine rings is 1. The average Bonchev–Trinajstić information content (AvgIpc) is 2.44. The number of nitrogens with two attached hydrogens (primary N) is 1. The van der Waals surface area contributed by atoms with E-state index in [1.54, 1.807) is 11.8 Å². The molecule has 6 heteroatoms. The van der Waals surface area contributed by atoms with E-state index in [1.807, 2.05) is 12.1 Å². The van der Waals surface area contributed by atoms with Gasteiger partial charge in [-0.25, -0.2) is 4.39 Å². The standard InChI is InChI=1S/C14H18BrFN2S2/c1-20-14(13(17)19)4-6-18(7-5-14)9-10-2-3-12(16)11(15)8-10/h2-3,8H,4-7,9H2,1H3,(H2,17,19). The number of thiocarbonyl (C=S) groups is 1. The second kappa shape index (κ2) is 6.73. The molecule has 0 saturated carbocycles. The molecule has 0 spiro atoms. The number of benzene rings is 1. The van der Waals surface area contributed by atoms with Gasteiger partial charge in [0.1, 0.15) is 5.82 Å². The van der Waals surface area contributed by atoms with Crippen LogP contribution in [0.5, 0.6) is 0 Å². The molecule has 0 aromatic heterocycles. The van der Waals surface area contributed by atoms with Gasteiger partial charge in [0.15, 0.2) is 0 Å². The maximum atomic E-state index is 13.2. The molecule has 2 N–H and O–H groups in total. The summed E-state index contributed by atoms with van der Waals surface area (Å²) in [5, 5.41) is 0. The Balaban J connectivity index is 1.97. The lowest BCUT2D eigenvalue weighted by atomic mass is 9.95. The van der Waals surface area contributed by atoms with E-state index in [-0.39, 0.29) is 10.6 Å². The van der Waals surface area contributed by atoms with Crippen LogP contribution in [0.15, 0.2) is 22.7 Å². The molecule has 20 heavy (non-hydrogen) atoms. The minimum absolute atomic E-state index is 0.0464. The van der Waals surface area contributed by atoms with Gasteiger partial charge in [-0.3, -0.25) is 4.90 Å². The summed E-state index contributed by atoms with van der Waals surface area (Å²) < 4.78 is 13.7. The van der Waals surface area contributed by atoms with Crippen LogP contribution in [0.3, 0.4) is 0 Å². The van der Waals surface area contributed by atoms with E-state index in [4.69, 9.17) is 18.0 Å².